The Bertz CT molecular complexity index is 827. The van der Waals surface area contributed by atoms with Crippen LogP contribution >= 0.6 is 0 Å². The number of nitrogens with zero attached hydrogens (tertiary/aromatic N) is 3. The van der Waals surface area contributed by atoms with Gasteiger partial charge in [0.05, 0.1) is 12.9 Å². The van der Waals surface area contributed by atoms with Crippen molar-refractivity contribution >= 4 is 23.1 Å². The third-order valence-corrected chi connectivity index (χ3v) is 4.20. The summed E-state index contributed by atoms with van der Waals surface area (Å²) in [6.07, 6.45) is 2.72. The molecule has 2 aromatic heterocycles. The van der Waals surface area contributed by atoms with Gasteiger partial charge >= 0.3 is 5.97 Å². The highest BCUT2D eigenvalue weighted by Crippen LogP contribution is 2.30. The largest absolute Gasteiger partial charge is 0.461 e. The van der Waals surface area contributed by atoms with Crippen LogP contribution in [-0.2, 0) is 21.0 Å². The third kappa shape index (κ3) is 3.48. The lowest BCUT2D eigenvalue weighted by Gasteiger charge is -2.35. The minimum absolute atomic E-state index is 0.0411. The van der Waals surface area contributed by atoms with E-state index in [-0.39, 0.29) is 37.1 Å². The lowest BCUT2D eigenvalue weighted by Crippen LogP contribution is -2.54. The minimum atomic E-state index is -0.914. The number of imidazole rings is 1. The van der Waals surface area contributed by atoms with Crippen molar-refractivity contribution in [2.45, 2.75) is 37.6 Å². The first kappa shape index (κ1) is 17.3. The van der Waals surface area contributed by atoms with Crippen LogP contribution in [0.3, 0.4) is 0 Å². The van der Waals surface area contributed by atoms with Crippen LogP contribution in [-0.4, -0.2) is 55.5 Å². The van der Waals surface area contributed by atoms with Crippen molar-refractivity contribution in [3.05, 3.63) is 16.7 Å². The number of carbonyl (C=O) groups excluding carboxylic acids is 1. The molecule has 136 valence electrons. The highest BCUT2D eigenvalue weighted by Gasteiger charge is 2.41. The summed E-state index contributed by atoms with van der Waals surface area (Å²) in [5.41, 5.74) is 10.4. The first-order chi connectivity index (χ1) is 11.9. The number of hydrogen-bond donors (Lipinski definition) is 4. The van der Waals surface area contributed by atoms with E-state index in [0.29, 0.717) is 12.8 Å². The molecule has 1 saturated carbocycles. The Morgan fingerprint density at radius 1 is 1.52 bits per heavy atom. The number of aliphatic hydroxyl groups excluding tert-OH is 1. The van der Waals surface area contributed by atoms with Gasteiger partial charge in [0, 0.05) is 0 Å². The van der Waals surface area contributed by atoms with Gasteiger partial charge in [-0.2, -0.15) is 4.98 Å². The van der Waals surface area contributed by atoms with Gasteiger partial charge in [-0.25, -0.2) is 4.98 Å². The number of carbonyl (C=O) groups is 1. The molecule has 1 atom stereocenters. The van der Waals surface area contributed by atoms with E-state index in [2.05, 4.69) is 15.0 Å². The van der Waals surface area contributed by atoms with Crippen molar-refractivity contribution in [1.29, 1.82) is 0 Å². The maximum Gasteiger partial charge on any atom is 0.326 e. The molecular weight excluding hydrogens is 332 g/mol. The van der Waals surface area contributed by atoms with Crippen molar-refractivity contribution < 1.29 is 19.4 Å². The van der Waals surface area contributed by atoms with E-state index in [1.165, 1.54) is 10.9 Å². The lowest BCUT2D eigenvalue weighted by molar-refractivity contribution is -0.160. The van der Waals surface area contributed by atoms with Gasteiger partial charge in [0.1, 0.15) is 25.0 Å². The van der Waals surface area contributed by atoms with Crippen LogP contribution in [0.15, 0.2) is 11.1 Å². The summed E-state index contributed by atoms with van der Waals surface area (Å²) in [5.74, 6) is -0.532. The summed E-state index contributed by atoms with van der Waals surface area (Å²) in [7, 11) is 0. The SMILES string of the molecule is Nc1nc2c(ncn2COC(CO)COC(=O)C2(N)CCC2)c(=O)[nH]1. The zero-order chi connectivity index (χ0) is 18.0. The van der Waals surface area contributed by atoms with Crippen molar-refractivity contribution in [2.75, 3.05) is 18.9 Å². The predicted molar refractivity (Wildman–Crippen MR) is 86.2 cm³/mol. The van der Waals surface area contributed by atoms with Gasteiger partial charge in [0.2, 0.25) is 5.95 Å². The van der Waals surface area contributed by atoms with Gasteiger partial charge < -0.3 is 26.0 Å². The van der Waals surface area contributed by atoms with Crippen molar-refractivity contribution in [1.82, 2.24) is 19.5 Å². The van der Waals surface area contributed by atoms with Crippen molar-refractivity contribution in [2.24, 2.45) is 5.73 Å². The molecule has 11 heteroatoms. The van der Waals surface area contributed by atoms with Gasteiger partial charge in [-0.3, -0.25) is 19.1 Å². The third-order valence-electron chi connectivity index (χ3n) is 4.20. The number of H-pyrrole nitrogens is 1. The average Bonchev–Trinajstić information content (AvgIpc) is 2.95. The number of aromatic amines is 1. The smallest absolute Gasteiger partial charge is 0.326 e. The fourth-order valence-corrected chi connectivity index (χ4v) is 2.48. The zero-order valence-corrected chi connectivity index (χ0v) is 13.5. The molecule has 0 aliphatic heterocycles. The number of ether oxygens (including phenoxy) is 2. The Balaban J connectivity index is 1.59. The fourth-order valence-electron chi connectivity index (χ4n) is 2.48. The van der Waals surface area contributed by atoms with Crippen LogP contribution in [0, 0.1) is 0 Å². The number of fused-ring (bicyclic) bond motifs is 1. The molecule has 6 N–H and O–H groups in total. The molecule has 1 aliphatic rings. The first-order valence-electron chi connectivity index (χ1n) is 7.82. The van der Waals surface area contributed by atoms with Crippen molar-refractivity contribution in [3.8, 4) is 0 Å². The molecule has 0 radical (unpaired) electrons. The Hall–Kier alpha value is -2.50. The monoisotopic (exact) mass is 352 g/mol. The van der Waals surface area contributed by atoms with E-state index in [0.717, 1.165) is 6.42 Å². The Morgan fingerprint density at radius 3 is 2.92 bits per heavy atom. The van der Waals surface area contributed by atoms with E-state index in [4.69, 9.17) is 20.9 Å². The van der Waals surface area contributed by atoms with E-state index in [1.807, 2.05) is 0 Å². The Kier molecular flexibility index (Phi) is 4.70. The number of rotatable bonds is 7. The first-order valence-corrected chi connectivity index (χ1v) is 7.82. The summed E-state index contributed by atoms with van der Waals surface area (Å²) < 4.78 is 12.1. The number of nitrogens with two attached hydrogens (primary N) is 2. The van der Waals surface area contributed by atoms with Crippen LogP contribution in [0.2, 0.25) is 0 Å². The molecule has 1 unspecified atom stereocenters. The standard InChI is InChI=1S/C14H20N6O5/c15-13-18-10-9(11(22)19-13)17-6-20(10)7-25-8(4-21)5-24-12(23)14(16)2-1-3-14/h6,8,21H,1-5,7,16H2,(H3,15,18,19,22). The van der Waals surface area contributed by atoms with Gasteiger partial charge in [-0.15, -0.1) is 0 Å². The Morgan fingerprint density at radius 2 is 2.28 bits per heavy atom. The molecule has 25 heavy (non-hydrogen) atoms. The van der Waals surface area contributed by atoms with E-state index >= 15 is 0 Å². The average molecular weight is 352 g/mol. The van der Waals surface area contributed by atoms with Gasteiger partial charge in [-0.05, 0) is 19.3 Å². The zero-order valence-electron chi connectivity index (χ0n) is 13.5. The molecular formula is C14H20N6O5. The molecule has 0 spiro atoms. The van der Waals surface area contributed by atoms with Crippen LogP contribution in [0.1, 0.15) is 19.3 Å². The number of anilines is 1. The Labute approximate surface area is 141 Å². The number of hydrogen-bond acceptors (Lipinski definition) is 9. The molecule has 0 saturated heterocycles. The highest BCUT2D eigenvalue weighted by atomic mass is 16.6. The molecule has 1 aliphatic carbocycles. The second kappa shape index (κ2) is 6.78. The number of aromatic nitrogens is 4. The predicted octanol–water partition coefficient (Wildman–Crippen LogP) is -1.54. The van der Waals surface area contributed by atoms with Crippen molar-refractivity contribution in [3.63, 3.8) is 0 Å². The van der Waals surface area contributed by atoms with E-state index < -0.39 is 23.2 Å². The minimum Gasteiger partial charge on any atom is -0.461 e. The molecule has 1 fully saturated rings. The number of nitrogen functional groups attached to an aromatic ring is 1. The molecule has 2 heterocycles. The highest BCUT2D eigenvalue weighted by molar-refractivity contribution is 5.81. The van der Waals surface area contributed by atoms with Crippen LogP contribution < -0.4 is 17.0 Å². The topological polar surface area (TPSA) is 171 Å². The van der Waals surface area contributed by atoms with Gasteiger partial charge in [0.25, 0.3) is 5.56 Å². The summed E-state index contributed by atoms with van der Waals surface area (Å²) in [6.45, 7) is -0.534. The van der Waals surface area contributed by atoms with Gasteiger partial charge in [-0.1, -0.05) is 0 Å². The molecule has 3 rings (SSSR count). The summed E-state index contributed by atoms with van der Waals surface area (Å²) in [4.78, 5) is 33.9. The normalized spacial score (nSPS) is 17.2. The quantitative estimate of drug-likeness (QED) is 0.431. The molecule has 2 aromatic rings. The summed E-state index contributed by atoms with van der Waals surface area (Å²) >= 11 is 0. The molecule has 0 bridgehead atoms. The maximum absolute atomic E-state index is 11.9. The number of esters is 1. The van der Waals surface area contributed by atoms with Gasteiger partial charge in [0.15, 0.2) is 11.2 Å². The van der Waals surface area contributed by atoms with E-state index in [1.54, 1.807) is 0 Å². The maximum atomic E-state index is 11.9. The molecule has 0 aromatic carbocycles. The molecule has 0 amide bonds. The summed E-state index contributed by atoms with van der Waals surface area (Å²) in [5, 5.41) is 9.38. The lowest BCUT2D eigenvalue weighted by atomic mass is 9.78. The van der Waals surface area contributed by atoms with Crippen LogP contribution in [0.25, 0.3) is 11.2 Å². The second-order valence-electron chi connectivity index (χ2n) is 6.05. The van der Waals surface area contributed by atoms with E-state index in [9.17, 15) is 14.7 Å². The number of nitrogens with one attached hydrogen (secondary N) is 1. The van der Waals surface area contributed by atoms with Crippen LogP contribution in [0.4, 0.5) is 5.95 Å². The van der Waals surface area contributed by atoms with Crippen LogP contribution in [0.5, 0.6) is 0 Å². The second-order valence-corrected chi connectivity index (χ2v) is 6.05. The summed E-state index contributed by atoms with van der Waals surface area (Å²) in [6, 6.07) is 0. The number of aliphatic hydroxyl groups is 1. The molecule has 11 nitrogen and oxygen atoms in total. The fraction of sp³-hybridized carbons (Fsp3) is 0.571.